The lowest BCUT2D eigenvalue weighted by molar-refractivity contribution is -0.118. The van der Waals surface area contributed by atoms with E-state index in [1.54, 1.807) is 25.2 Å². The van der Waals surface area contributed by atoms with Crippen LogP contribution in [-0.2, 0) is 11.8 Å². The van der Waals surface area contributed by atoms with Crippen LogP contribution in [0.3, 0.4) is 0 Å². The Morgan fingerprint density at radius 2 is 1.70 bits per heavy atom. The van der Waals surface area contributed by atoms with Gasteiger partial charge in [-0.2, -0.15) is 4.98 Å². The van der Waals surface area contributed by atoms with E-state index in [4.69, 9.17) is 4.74 Å². The maximum Gasteiger partial charge on any atom is 0.349 e. The van der Waals surface area contributed by atoms with E-state index in [1.807, 2.05) is 54.6 Å². The van der Waals surface area contributed by atoms with Gasteiger partial charge in [0.25, 0.3) is 5.91 Å². The normalized spacial score (nSPS) is 10.7. The van der Waals surface area contributed by atoms with Crippen molar-refractivity contribution >= 4 is 23.9 Å². The highest BCUT2D eigenvalue weighted by Gasteiger charge is 2.05. The summed E-state index contributed by atoms with van der Waals surface area (Å²) in [5.41, 5.74) is 1.71. The number of nitrogens with zero attached hydrogens (tertiary/aromatic N) is 2. The summed E-state index contributed by atoms with van der Waals surface area (Å²) < 4.78 is 6.78. The summed E-state index contributed by atoms with van der Waals surface area (Å²) in [6.45, 7) is -0.171. The SMILES string of the molecule is Cn1ccc(NC(=O)COc2ccc(/C=C/c3ccccc3)cc2)nc1=O. The van der Waals surface area contributed by atoms with Gasteiger partial charge in [-0.05, 0) is 29.3 Å². The monoisotopic (exact) mass is 361 g/mol. The van der Waals surface area contributed by atoms with E-state index in [-0.39, 0.29) is 18.3 Å². The molecule has 0 fully saturated rings. The van der Waals surface area contributed by atoms with Crippen molar-refractivity contribution in [3.8, 4) is 5.75 Å². The molecule has 0 unspecified atom stereocenters. The van der Waals surface area contributed by atoms with Crippen molar-refractivity contribution in [2.24, 2.45) is 7.05 Å². The van der Waals surface area contributed by atoms with Gasteiger partial charge in [0.2, 0.25) is 0 Å². The van der Waals surface area contributed by atoms with Crippen molar-refractivity contribution in [3.05, 3.63) is 88.5 Å². The van der Waals surface area contributed by atoms with E-state index in [2.05, 4.69) is 10.3 Å². The maximum atomic E-state index is 11.9. The van der Waals surface area contributed by atoms with E-state index in [9.17, 15) is 9.59 Å². The predicted molar refractivity (Wildman–Crippen MR) is 105 cm³/mol. The van der Waals surface area contributed by atoms with Crippen molar-refractivity contribution in [2.75, 3.05) is 11.9 Å². The van der Waals surface area contributed by atoms with Gasteiger partial charge in [-0.15, -0.1) is 0 Å². The number of nitrogens with one attached hydrogen (secondary N) is 1. The zero-order valence-corrected chi connectivity index (χ0v) is 14.8. The number of carbonyl (C=O) groups is 1. The largest absolute Gasteiger partial charge is 0.484 e. The van der Waals surface area contributed by atoms with E-state index in [0.717, 1.165) is 11.1 Å². The number of anilines is 1. The van der Waals surface area contributed by atoms with E-state index in [0.29, 0.717) is 5.75 Å². The lowest BCUT2D eigenvalue weighted by Crippen LogP contribution is -2.25. The van der Waals surface area contributed by atoms with Gasteiger partial charge in [0.05, 0.1) is 0 Å². The third kappa shape index (κ3) is 5.40. The second-order valence-electron chi connectivity index (χ2n) is 5.86. The number of hydrogen-bond acceptors (Lipinski definition) is 4. The number of aryl methyl sites for hydroxylation is 1. The molecule has 27 heavy (non-hydrogen) atoms. The minimum absolute atomic E-state index is 0.171. The summed E-state index contributed by atoms with van der Waals surface area (Å²) in [5, 5.41) is 2.53. The standard InChI is InChI=1S/C21H19N3O3/c1-24-14-13-19(23-21(24)26)22-20(25)15-27-18-11-9-17(10-12-18)8-7-16-5-3-2-4-6-16/h2-14H,15H2,1H3,(H,22,23,25,26)/b8-7+. The molecule has 0 saturated carbocycles. The molecule has 3 aromatic rings. The first-order valence-corrected chi connectivity index (χ1v) is 8.40. The minimum Gasteiger partial charge on any atom is -0.484 e. The molecule has 1 amide bonds. The van der Waals surface area contributed by atoms with Gasteiger partial charge in [-0.3, -0.25) is 4.79 Å². The molecule has 3 rings (SSSR count). The number of aromatic nitrogens is 2. The van der Waals surface area contributed by atoms with Gasteiger partial charge >= 0.3 is 5.69 Å². The first-order chi connectivity index (χ1) is 13.1. The van der Waals surface area contributed by atoms with E-state index < -0.39 is 5.69 Å². The Bertz CT molecular complexity index is 993. The number of hydrogen-bond donors (Lipinski definition) is 1. The number of rotatable bonds is 6. The molecule has 1 heterocycles. The first-order valence-electron chi connectivity index (χ1n) is 8.40. The summed E-state index contributed by atoms with van der Waals surface area (Å²) in [4.78, 5) is 27.1. The number of benzene rings is 2. The molecule has 0 aliphatic rings. The summed E-state index contributed by atoms with van der Waals surface area (Å²) in [5.74, 6) is 0.399. The average Bonchev–Trinajstić information content (AvgIpc) is 2.69. The van der Waals surface area contributed by atoms with Crippen LogP contribution in [0.2, 0.25) is 0 Å². The fourth-order valence-corrected chi connectivity index (χ4v) is 2.29. The number of ether oxygens (including phenoxy) is 1. The van der Waals surface area contributed by atoms with Crippen molar-refractivity contribution in [1.82, 2.24) is 9.55 Å². The van der Waals surface area contributed by atoms with Crippen LogP contribution in [0.25, 0.3) is 12.2 Å². The molecule has 0 spiro atoms. The van der Waals surface area contributed by atoms with Crippen LogP contribution < -0.4 is 15.7 Å². The van der Waals surface area contributed by atoms with Gasteiger partial charge in [-0.1, -0.05) is 54.6 Å². The summed E-state index contributed by atoms with van der Waals surface area (Å²) in [6.07, 6.45) is 5.57. The molecule has 0 saturated heterocycles. The Kier molecular flexibility index (Phi) is 5.79. The molecule has 6 heteroatoms. The predicted octanol–water partition coefficient (Wildman–Crippen LogP) is 2.97. The van der Waals surface area contributed by atoms with Crippen LogP contribution in [0, 0.1) is 0 Å². The molecular formula is C21H19N3O3. The maximum absolute atomic E-state index is 11.9. The molecule has 0 atom stereocenters. The summed E-state index contributed by atoms with van der Waals surface area (Å²) >= 11 is 0. The van der Waals surface area contributed by atoms with E-state index >= 15 is 0 Å². The molecule has 0 aliphatic carbocycles. The van der Waals surface area contributed by atoms with Crippen LogP contribution in [-0.4, -0.2) is 22.1 Å². The Hall–Kier alpha value is -3.67. The topological polar surface area (TPSA) is 73.2 Å². The van der Waals surface area contributed by atoms with Gasteiger partial charge in [0.15, 0.2) is 6.61 Å². The highest BCUT2D eigenvalue weighted by Crippen LogP contribution is 2.14. The molecule has 1 aromatic heterocycles. The van der Waals surface area contributed by atoms with Gasteiger partial charge in [-0.25, -0.2) is 4.79 Å². The Morgan fingerprint density at radius 3 is 2.37 bits per heavy atom. The van der Waals surface area contributed by atoms with Gasteiger partial charge in [0.1, 0.15) is 11.6 Å². The lowest BCUT2D eigenvalue weighted by Gasteiger charge is -2.07. The molecule has 0 bridgehead atoms. The Balaban J connectivity index is 1.52. The van der Waals surface area contributed by atoms with E-state index in [1.165, 1.54) is 10.8 Å². The van der Waals surface area contributed by atoms with Crippen molar-refractivity contribution in [1.29, 1.82) is 0 Å². The van der Waals surface area contributed by atoms with Crippen LogP contribution in [0.5, 0.6) is 5.75 Å². The highest BCUT2D eigenvalue weighted by atomic mass is 16.5. The Labute approximate surface area is 156 Å². The molecular weight excluding hydrogens is 342 g/mol. The second kappa shape index (κ2) is 8.62. The molecule has 2 aromatic carbocycles. The molecule has 0 radical (unpaired) electrons. The van der Waals surface area contributed by atoms with Crippen molar-refractivity contribution in [2.45, 2.75) is 0 Å². The fraction of sp³-hybridized carbons (Fsp3) is 0.0952. The third-order valence-corrected chi connectivity index (χ3v) is 3.76. The van der Waals surface area contributed by atoms with Crippen LogP contribution >= 0.6 is 0 Å². The number of carbonyl (C=O) groups excluding carboxylic acids is 1. The molecule has 0 aliphatic heterocycles. The van der Waals surface area contributed by atoms with Crippen LogP contribution in [0.1, 0.15) is 11.1 Å². The molecule has 136 valence electrons. The van der Waals surface area contributed by atoms with Gasteiger partial charge in [0, 0.05) is 13.2 Å². The first kappa shape index (κ1) is 18.1. The molecule has 6 nitrogen and oxygen atoms in total. The second-order valence-corrected chi connectivity index (χ2v) is 5.86. The minimum atomic E-state index is -0.437. The summed E-state index contributed by atoms with van der Waals surface area (Å²) in [7, 11) is 1.59. The van der Waals surface area contributed by atoms with Crippen molar-refractivity contribution < 1.29 is 9.53 Å². The fourth-order valence-electron chi connectivity index (χ4n) is 2.29. The van der Waals surface area contributed by atoms with Crippen LogP contribution in [0.15, 0.2) is 71.7 Å². The summed E-state index contributed by atoms with van der Waals surface area (Å²) in [6, 6.07) is 19.0. The third-order valence-electron chi connectivity index (χ3n) is 3.76. The zero-order chi connectivity index (χ0) is 19.1. The zero-order valence-electron chi connectivity index (χ0n) is 14.8. The van der Waals surface area contributed by atoms with Crippen molar-refractivity contribution in [3.63, 3.8) is 0 Å². The van der Waals surface area contributed by atoms with Crippen LogP contribution in [0.4, 0.5) is 5.82 Å². The lowest BCUT2D eigenvalue weighted by atomic mass is 10.1. The Morgan fingerprint density at radius 1 is 1.04 bits per heavy atom. The number of amides is 1. The van der Waals surface area contributed by atoms with Gasteiger partial charge < -0.3 is 14.6 Å². The average molecular weight is 361 g/mol. The smallest absolute Gasteiger partial charge is 0.349 e. The highest BCUT2D eigenvalue weighted by molar-refractivity contribution is 5.90. The molecule has 1 N–H and O–H groups in total. The quantitative estimate of drug-likeness (QED) is 0.685.